The molecule has 4 heteroatoms. The van der Waals surface area contributed by atoms with E-state index in [0.29, 0.717) is 5.92 Å². The van der Waals surface area contributed by atoms with Crippen LogP contribution in [0.1, 0.15) is 32.5 Å². The monoisotopic (exact) mass is 251 g/mol. The van der Waals surface area contributed by atoms with Crippen LogP contribution < -0.4 is 10.6 Å². The lowest BCUT2D eigenvalue weighted by Crippen LogP contribution is -2.31. The van der Waals surface area contributed by atoms with Crippen LogP contribution in [-0.4, -0.2) is 31.8 Å². The van der Waals surface area contributed by atoms with Crippen molar-refractivity contribution in [2.75, 3.05) is 31.7 Å². The summed E-state index contributed by atoms with van der Waals surface area (Å²) in [6.07, 6.45) is 1.90. The van der Waals surface area contributed by atoms with Gasteiger partial charge in [-0.25, -0.2) is 0 Å². The molecular formula is C14H25N3O. The molecule has 0 unspecified atom stereocenters. The molecule has 2 N–H and O–H groups in total. The lowest BCUT2D eigenvalue weighted by atomic mass is 10.2. The molecule has 0 bridgehead atoms. The van der Waals surface area contributed by atoms with Crippen LogP contribution in [0, 0.1) is 5.92 Å². The molecule has 1 aromatic rings. The van der Waals surface area contributed by atoms with Gasteiger partial charge in [-0.2, -0.15) is 0 Å². The Kier molecular flexibility index (Phi) is 6.09. The normalized spacial score (nSPS) is 12.8. The van der Waals surface area contributed by atoms with Gasteiger partial charge in [0.2, 0.25) is 0 Å². The van der Waals surface area contributed by atoms with Crippen LogP contribution in [0.2, 0.25) is 0 Å². The predicted molar refractivity (Wildman–Crippen MR) is 75.8 cm³/mol. The Morgan fingerprint density at radius 1 is 1.33 bits per heavy atom. The molecule has 0 fully saturated rings. The van der Waals surface area contributed by atoms with Gasteiger partial charge in [0, 0.05) is 26.2 Å². The zero-order chi connectivity index (χ0) is 13.5. The smallest absolute Gasteiger partial charge is 0.0637 e. The van der Waals surface area contributed by atoms with Gasteiger partial charge in [-0.05, 0) is 25.0 Å². The SMILES string of the molecule is COCCN(CC(C)C)c1ccc([C@@H](C)N)nc1. The summed E-state index contributed by atoms with van der Waals surface area (Å²) in [7, 11) is 1.73. The van der Waals surface area contributed by atoms with Gasteiger partial charge < -0.3 is 15.4 Å². The average molecular weight is 251 g/mol. The topological polar surface area (TPSA) is 51.4 Å². The number of hydrogen-bond acceptors (Lipinski definition) is 4. The molecule has 18 heavy (non-hydrogen) atoms. The van der Waals surface area contributed by atoms with Crippen LogP contribution in [0.15, 0.2) is 18.3 Å². The lowest BCUT2D eigenvalue weighted by molar-refractivity contribution is 0.204. The summed E-state index contributed by atoms with van der Waals surface area (Å²) in [4.78, 5) is 6.70. The molecule has 0 saturated heterocycles. The summed E-state index contributed by atoms with van der Waals surface area (Å²) < 4.78 is 5.16. The highest BCUT2D eigenvalue weighted by molar-refractivity contribution is 5.44. The van der Waals surface area contributed by atoms with E-state index < -0.39 is 0 Å². The largest absolute Gasteiger partial charge is 0.383 e. The number of hydrogen-bond donors (Lipinski definition) is 1. The summed E-state index contributed by atoms with van der Waals surface area (Å²) in [6, 6.07) is 4.07. The summed E-state index contributed by atoms with van der Waals surface area (Å²) in [5.74, 6) is 0.606. The molecule has 1 aromatic heterocycles. The molecular weight excluding hydrogens is 226 g/mol. The molecule has 0 aliphatic carbocycles. The first kappa shape index (κ1) is 14.9. The molecule has 1 heterocycles. The number of aromatic nitrogens is 1. The molecule has 0 aromatic carbocycles. The van der Waals surface area contributed by atoms with Crippen molar-refractivity contribution >= 4 is 5.69 Å². The Balaban J connectivity index is 2.77. The number of pyridine rings is 1. The molecule has 0 amide bonds. The van der Waals surface area contributed by atoms with Gasteiger partial charge in [0.25, 0.3) is 0 Å². The van der Waals surface area contributed by atoms with E-state index in [9.17, 15) is 0 Å². The Morgan fingerprint density at radius 2 is 2.06 bits per heavy atom. The minimum absolute atomic E-state index is 0.0171. The Hall–Kier alpha value is -1.13. The minimum atomic E-state index is -0.0171. The fourth-order valence-corrected chi connectivity index (χ4v) is 1.82. The summed E-state index contributed by atoms with van der Waals surface area (Å²) in [5, 5.41) is 0. The summed E-state index contributed by atoms with van der Waals surface area (Å²) in [6.45, 7) is 8.98. The van der Waals surface area contributed by atoms with Gasteiger partial charge in [-0.3, -0.25) is 4.98 Å². The number of anilines is 1. The zero-order valence-corrected chi connectivity index (χ0v) is 11.9. The first-order valence-corrected chi connectivity index (χ1v) is 6.50. The Morgan fingerprint density at radius 3 is 2.50 bits per heavy atom. The number of nitrogens with two attached hydrogens (primary N) is 1. The third-order valence-electron chi connectivity index (χ3n) is 2.75. The van der Waals surface area contributed by atoms with Crippen LogP contribution in [0.25, 0.3) is 0 Å². The van der Waals surface area contributed by atoms with Crippen molar-refractivity contribution in [2.45, 2.75) is 26.8 Å². The van der Waals surface area contributed by atoms with E-state index in [0.717, 1.165) is 31.1 Å². The van der Waals surface area contributed by atoms with Crippen molar-refractivity contribution in [3.05, 3.63) is 24.0 Å². The van der Waals surface area contributed by atoms with Crippen molar-refractivity contribution in [3.8, 4) is 0 Å². The van der Waals surface area contributed by atoms with Gasteiger partial charge in [-0.15, -0.1) is 0 Å². The first-order valence-electron chi connectivity index (χ1n) is 6.50. The number of nitrogens with zero attached hydrogens (tertiary/aromatic N) is 2. The van der Waals surface area contributed by atoms with E-state index >= 15 is 0 Å². The second-order valence-corrected chi connectivity index (χ2v) is 5.06. The highest BCUT2D eigenvalue weighted by Gasteiger charge is 2.09. The van der Waals surface area contributed by atoms with Crippen LogP contribution in [-0.2, 0) is 4.74 Å². The third-order valence-corrected chi connectivity index (χ3v) is 2.75. The molecule has 4 nitrogen and oxygen atoms in total. The number of rotatable bonds is 7. The average Bonchev–Trinajstić information content (AvgIpc) is 2.34. The van der Waals surface area contributed by atoms with Crippen LogP contribution >= 0.6 is 0 Å². The van der Waals surface area contributed by atoms with E-state index in [1.807, 2.05) is 19.2 Å². The lowest BCUT2D eigenvalue weighted by Gasteiger charge is -2.26. The van der Waals surface area contributed by atoms with E-state index in [1.165, 1.54) is 0 Å². The zero-order valence-electron chi connectivity index (χ0n) is 11.9. The molecule has 0 aliphatic rings. The van der Waals surface area contributed by atoms with Gasteiger partial charge in [0.05, 0.1) is 24.2 Å². The van der Waals surface area contributed by atoms with E-state index in [2.05, 4.69) is 29.8 Å². The molecule has 1 atom stereocenters. The van der Waals surface area contributed by atoms with Gasteiger partial charge in [0.1, 0.15) is 0 Å². The quantitative estimate of drug-likeness (QED) is 0.807. The molecule has 0 saturated carbocycles. The molecule has 0 aliphatic heterocycles. The van der Waals surface area contributed by atoms with E-state index in [-0.39, 0.29) is 6.04 Å². The van der Waals surface area contributed by atoms with Crippen molar-refractivity contribution in [1.29, 1.82) is 0 Å². The van der Waals surface area contributed by atoms with Gasteiger partial charge in [0.15, 0.2) is 0 Å². The van der Waals surface area contributed by atoms with E-state index in [1.54, 1.807) is 7.11 Å². The third kappa shape index (κ3) is 4.63. The standard InChI is InChI=1S/C14H25N3O/c1-11(2)10-17(7-8-18-4)13-5-6-14(12(3)15)16-9-13/h5-6,9,11-12H,7-8,10,15H2,1-4H3/t12-/m1/s1. The van der Waals surface area contributed by atoms with Crippen molar-refractivity contribution < 1.29 is 4.74 Å². The molecule has 0 radical (unpaired) electrons. The number of methoxy groups -OCH3 is 1. The van der Waals surface area contributed by atoms with E-state index in [4.69, 9.17) is 10.5 Å². The second-order valence-electron chi connectivity index (χ2n) is 5.06. The minimum Gasteiger partial charge on any atom is -0.383 e. The predicted octanol–water partition coefficient (Wildman–Crippen LogP) is 2.21. The van der Waals surface area contributed by atoms with Crippen LogP contribution in [0.5, 0.6) is 0 Å². The fourth-order valence-electron chi connectivity index (χ4n) is 1.82. The molecule has 0 spiro atoms. The van der Waals surface area contributed by atoms with Crippen molar-refractivity contribution in [1.82, 2.24) is 4.98 Å². The van der Waals surface area contributed by atoms with Gasteiger partial charge >= 0.3 is 0 Å². The maximum Gasteiger partial charge on any atom is 0.0637 e. The highest BCUT2D eigenvalue weighted by atomic mass is 16.5. The molecule has 1 rings (SSSR count). The summed E-state index contributed by atoms with van der Waals surface area (Å²) >= 11 is 0. The van der Waals surface area contributed by atoms with Gasteiger partial charge in [-0.1, -0.05) is 13.8 Å². The first-order chi connectivity index (χ1) is 8.54. The highest BCUT2D eigenvalue weighted by Crippen LogP contribution is 2.16. The van der Waals surface area contributed by atoms with Crippen LogP contribution in [0.3, 0.4) is 0 Å². The maximum absolute atomic E-state index is 5.80. The second kappa shape index (κ2) is 7.34. The summed E-state index contributed by atoms with van der Waals surface area (Å²) in [5.41, 5.74) is 7.86. The molecule has 102 valence electrons. The fraction of sp³-hybridized carbons (Fsp3) is 0.643. The number of ether oxygens (including phenoxy) is 1. The Bertz CT molecular complexity index is 335. The maximum atomic E-state index is 5.80. The van der Waals surface area contributed by atoms with Crippen molar-refractivity contribution in [2.24, 2.45) is 11.7 Å². The van der Waals surface area contributed by atoms with Crippen molar-refractivity contribution in [3.63, 3.8) is 0 Å². The Labute approximate surface area is 110 Å². The van der Waals surface area contributed by atoms with Crippen LogP contribution in [0.4, 0.5) is 5.69 Å².